The molecule has 0 radical (unpaired) electrons. The zero-order valence-corrected chi connectivity index (χ0v) is 25.6. The van der Waals surface area contributed by atoms with Crippen LogP contribution in [0.3, 0.4) is 0 Å². The predicted molar refractivity (Wildman–Crippen MR) is 161 cm³/mol. The van der Waals surface area contributed by atoms with Gasteiger partial charge in [0.1, 0.15) is 12.6 Å². The quantitative estimate of drug-likeness (QED) is 0.285. The van der Waals surface area contributed by atoms with Gasteiger partial charge in [-0.15, -0.1) is 0 Å². The first-order chi connectivity index (χ1) is 18.8. The van der Waals surface area contributed by atoms with E-state index in [1.54, 1.807) is 68.4 Å². The number of hydrogen-bond donors (Lipinski definition) is 1. The fourth-order valence-electron chi connectivity index (χ4n) is 4.08. The number of para-hydroxylation sites is 1. The Hall–Kier alpha value is -3.07. The van der Waals surface area contributed by atoms with Gasteiger partial charge in [-0.3, -0.25) is 13.9 Å². The summed E-state index contributed by atoms with van der Waals surface area (Å²) in [6.07, 6.45) is 0.717. The van der Waals surface area contributed by atoms with E-state index in [9.17, 15) is 18.0 Å². The van der Waals surface area contributed by atoms with E-state index in [0.717, 1.165) is 16.3 Å². The van der Waals surface area contributed by atoms with E-state index >= 15 is 0 Å². The second kappa shape index (κ2) is 13.5. The number of nitrogens with zero attached hydrogens (tertiary/aromatic N) is 2. The molecule has 0 fully saturated rings. The summed E-state index contributed by atoms with van der Waals surface area (Å²) in [5, 5.41) is 3.59. The molecule has 40 heavy (non-hydrogen) atoms. The first-order valence-corrected chi connectivity index (χ1v) is 15.2. The zero-order valence-electron chi connectivity index (χ0n) is 23.3. The average molecular weight is 605 g/mol. The highest BCUT2D eigenvalue weighted by molar-refractivity contribution is 7.92. The van der Waals surface area contributed by atoms with Gasteiger partial charge in [-0.25, -0.2) is 8.42 Å². The minimum absolute atomic E-state index is 0.0248. The van der Waals surface area contributed by atoms with Gasteiger partial charge >= 0.3 is 0 Å². The van der Waals surface area contributed by atoms with Crippen LogP contribution < -0.4 is 9.62 Å². The number of carbonyl (C=O) groups excluding carboxylic acids is 2. The van der Waals surface area contributed by atoms with Crippen LogP contribution in [0.1, 0.15) is 43.9 Å². The number of carbonyl (C=O) groups is 2. The minimum Gasteiger partial charge on any atom is -0.352 e. The monoisotopic (exact) mass is 603 g/mol. The third-order valence-corrected chi connectivity index (χ3v) is 9.29. The maximum absolute atomic E-state index is 14.0. The van der Waals surface area contributed by atoms with Gasteiger partial charge in [-0.05, 0) is 75.6 Å². The molecule has 7 nitrogen and oxygen atoms in total. The van der Waals surface area contributed by atoms with Crippen LogP contribution in [0.25, 0.3) is 0 Å². The van der Waals surface area contributed by atoms with Gasteiger partial charge in [0.05, 0.1) is 20.6 Å². The lowest BCUT2D eigenvalue weighted by Crippen LogP contribution is -2.52. The summed E-state index contributed by atoms with van der Waals surface area (Å²) in [7, 11) is -4.13. The van der Waals surface area contributed by atoms with Crippen molar-refractivity contribution < 1.29 is 18.0 Å². The molecule has 3 rings (SSSR count). The molecule has 0 unspecified atom stereocenters. The van der Waals surface area contributed by atoms with Crippen LogP contribution >= 0.6 is 23.2 Å². The molecule has 10 heteroatoms. The van der Waals surface area contributed by atoms with Crippen LogP contribution in [-0.4, -0.2) is 43.8 Å². The molecule has 0 saturated carbocycles. The third kappa shape index (κ3) is 7.56. The Bertz CT molecular complexity index is 1460. The van der Waals surface area contributed by atoms with Crippen molar-refractivity contribution in [3.63, 3.8) is 0 Å². The van der Waals surface area contributed by atoms with Crippen molar-refractivity contribution in [2.45, 2.75) is 64.6 Å². The lowest BCUT2D eigenvalue weighted by Gasteiger charge is -2.33. The smallest absolute Gasteiger partial charge is 0.264 e. The van der Waals surface area contributed by atoms with Crippen LogP contribution in [0.5, 0.6) is 0 Å². The molecule has 3 aromatic carbocycles. The summed E-state index contributed by atoms with van der Waals surface area (Å²) in [6.45, 7) is 8.62. The van der Waals surface area contributed by atoms with Crippen molar-refractivity contribution in [3.05, 3.63) is 93.5 Å². The summed E-state index contributed by atoms with van der Waals surface area (Å²) in [6, 6.07) is 17.4. The van der Waals surface area contributed by atoms with E-state index in [4.69, 9.17) is 23.2 Å². The van der Waals surface area contributed by atoms with Crippen LogP contribution in [0.15, 0.2) is 71.6 Å². The lowest BCUT2D eigenvalue weighted by atomic mass is 10.1. The SMILES string of the molecule is CC[C@@H](C)NC(=O)[C@H](C)N(Cc1ccc(Cl)c(Cl)c1)C(=O)CN(c1ccccc1C)S(=O)(=O)c1ccc(C)cc1. The number of nitrogens with one attached hydrogen (secondary N) is 1. The van der Waals surface area contributed by atoms with Crippen molar-refractivity contribution in [2.24, 2.45) is 0 Å². The van der Waals surface area contributed by atoms with E-state index in [2.05, 4.69) is 5.32 Å². The first kappa shape index (κ1) is 31.5. The standard InChI is InChI=1S/C30H35Cl2N3O4S/c1-6-22(4)33-30(37)23(5)34(18-24-13-16-26(31)27(32)17-24)29(36)19-35(28-10-8-7-9-21(28)3)40(38,39)25-14-11-20(2)12-15-25/h7-17,22-23H,6,18-19H2,1-5H3,(H,33,37)/t22-,23+/m1/s1. The number of halogens is 2. The molecular formula is C30H35Cl2N3O4S. The Morgan fingerprint density at radius 3 is 2.17 bits per heavy atom. The highest BCUT2D eigenvalue weighted by atomic mass is 35.5. The van der Waals surface area contributed by atoms with Crippen LogP contribution in [0.4, 0.5) is 5.69 Å². The molecule has 1 N–H and O–H groups in total. The summed E-state index contributed by atoms with van der Waals surface area (Å²) in [5.41, 5.74) is 2.62. The van der Waals surface area contributed by atoms with Gasteiger partial charge in [-0.2, -0.15) is 0 Å². The van der Waals surface area contributed by atoms with E-state index < -0.39 is 28.5 Å². The van der Waals surface area contributed by atoms with Gasteiger partial charge in [0, 0.05) is 12.6 Å². The third-order valence-electron chi connectivity index (χ3n) is 6.78. The molecule has 0 aromatic heterocycles. The van der Waals surface area contributed by atoms with Gasteiger partial charge < -0.3 is 10.2 Å². The Morgan fingerprint density at radius 1 is 0.925 bits per heavy atom. The molecule has 0 spiro atoms. The number of sulfonamides is 1. The summed E-state index contributed by atoms with van der Waals surface area (Å²) in [5.74, 6) is -0.886. The number of hydrogen-bond acceptors (Lipinski definition) is 4. The highest BCUT2D eigenvalue weighted by Gasteiger charge is 2.33. The average Bonchev–Trinajstić information content (AvgIpc) is 2.92. The van der Waals surface area contributed by atoms with E-state index in [1.807, 2.05) is 20.8 Å². The van der Waals surface area contributed by atoms with E-state index in [1.165, 1.54) is 17.0 Å². The second-order valence-corrected chi connectivity index (χ2v) is 12.6. The van der Waals surface area contributed by atoms with Gasteiger partial charge in [-0.1, -0.05) is 72.1 Å². The molecule has 3 aromatic rings. The van der Waals surface area contributed by atoms with E-state index in [-0.39, 0.29) is 23.4 Å². The number of benzene rings is 3. The largest absolute Gasteiger partial charge is 0.352 e. The van der Waals surface area contributed by atoms with Crippen molar-refractivity contribution in [1.82, 2.24) is 10.2 Å². The van der Waals surface area contributed by atoms with Crippen molar-refractivity contribution in [3.8, 4) is 0 Å². The summed E-state index contributed by atoms with van der Waals surface area (Å²) < 4.78 is 29.0. The molecule has 0 heterocycles. The fourth-order valence-corrected chi connectivity index (χ4v) is 5.88. The van der Waals surface area contributed by atoms with Gasteiger partial charge in [0.25, 0.3) is 10.0 Å². The Morgan fingerprint density at radius 2 is 1.57 bits per heavy atom. The van der Waals surface area contributed by atoms with E-state index in [0.29, 0.717) is 26.9 Å². The maximum Gasteiger partial charge on any atom is 0.264 e. The number of anilines is 1. The number of aryl methyl sites for hydroxylation is 2. The Labute approximate surface area is 247 Å². The van der Waals surface area contributed by atoms with Gasteiger partial charge in [0.2, 0.25) is 11.8 Å². The molecule has 0 bridgehead atoms. The predicted octanol–water partition coefficient (Wildman–Crippen LogP) is 6.14. The highest BCUT2D eigenvalue weighted by Crippen LogP contribution is 2.28. The molecule has 0 aliphatic heterocycles. The summed E-state index contributed by atoms with van der Waals surface area (Å²) in [4.78, 5) is 28.6. The van der Waals surface area contributed by atoms with Crippen molar-refractivity contribution >= 4 is 50.7 Å². The van der Waals surface area contributed by atoms with Crippen LogP contribution in [0.2, 0.25) is 10.0 Å². The Kier molecular flexibility index (Phi) is 10.6. The van der Waals surface area contributed by atoms with Crippen molar-refractivity contribution in [2.75, 3.05) is 10.8 Å². The van der Waals surface area contributed by atoms with Gasteiger partial charge in [0.15, 0.2) is 0 Å². The summed E-state index contributed by atoms with van der Waals surface area (Å²) >= 11 is 12.3. The fraction of sp³-hybridized carbons (Fsp3) is 0.333. The van der Waals surface area contributed by atoms with Crippen molar-refractivity contribution in [1.29, 1.82) is 0 Å². The lowest BCUT2D eigenvalue weighted by molar-refractivity contribution is -0.139. The first-order valence-electron chi connectivity index (χ1n) is 13.0. The molecule has 2 amide bonds. The zero-order chi connectivity index (χ0) is 29.6. The molecule has 214 valence electrons. The molecule has 0 aliphatic carbocycles. The number of amides is 2. The molecular weight excluding hydrogens is 569 g/mol. The molecule has 0 aliphatic rings. The Balaban J connectivity index is 2.05. The number of rotatable bonds is 11. The molecule has 0 saturated heterocycles. The maximum atomic E-state index is 14.0. The van der Waals surface area contributed by atoms with Crippen LogP contribution in [-0.2, 0) is 26.2 Å². The minimum atomic E-state index is -4.13. The van der Waals surface area contributed by atoms with Crippen LogP contribution in [0, 0.1) is 13.8 Å². The second-order valence-electron chi connectivity index (χ2n) is 9.88. The normalized spacial score (nSPS) is 12.9. The topological polar surface area (TPSA) is 86.8 Å². The molecule has 2 atom stereocenters.